The van der Waals surface area contributed by atoms with Crippen LogP contribution in [0.2, 0.25) is 0 Å². The number of nitrogens with one attached hydrogen (secondary N) is 4. The van der Waals surface area contributed by atoms with E-state index in [1.807, 2.05) is 24.3 Å². The van der Waals surface area contributed by atoms with Gasteiger partial charge in [-0.1, -0.05) is 31.9 Å². The number of anilines is 2. The smallest absolute Gasteiger partial charge is 0.319 e. The molecule has 0 heterocycles. The number of urea groups is 2. The molecule has 0 fully saturated rings. The second kappa shape index (κ2) is 14.0. The highest BCUT2D eigenvalue weighted by Crippen LogP contribution is 2.14. The van der Waals surface area contributed by atoms with Crippen LogP contribution >= 0.6 is 31.9 Å². The number of carbonyl (C=O) groups excluding carboxylic acids is 2. The molecule has 2 rings (SSSR count). The molecule has 0 unspecified atom stereocenters. The average Bonchev–Trinajstić information content (AvgIpc) is 2.73. The molecule has 0 aromatic heterocycles. The monoisotopic (exact) mass is 542 g/mol. The van der Waals surface area contributed by atoms with Crippen LogP contribution < -0.4 is 21.3 Å². The lowest BCUT2D eigenvalue weighted by atomic mass is 10.3. The van der Waals surface area contributed by atoms with Crippen molar-refractivity contribution in [2.45, 2.75) is 0 Å². The van der Waals surface area contributed by atoms with Crippen LogP contribution in [0.5, 0.6) is 0 Å². The van der Waals surface area contributed by atoms with Gasteiger partial charge in [-0.3, -0.25) is 0 Å². The van der Waals surface area contributed by atoms with Crippen LogP contribution in [-0.4, -0.2) is 51.6 Å². The third-order valence-electron chi connectivity index (χ3n) is 3.64. The molecule has 30 heavy (non-hydrogen) atoms. The minimum atomic E-state index is -0.287. The van der Waals surface area contributed by atoms with Gasteiger partial charge in [0, 0.05) is 33.4 Å². The number of hydrogen-bond donors (Lipinski definition) is 4. The van der Waals surface area contributed by atoms with Crippen molar-refractivity contribution in [3.05, 3.63) is 57.5 Å². The normalized spacial score (nSPS) is 10.3. The minimum Gasteiger partial charge on any atom is -0.377 e. The molecule has 0 bridgehead atoms. The van der Waals surface area contributed by atoms with Crippen LogP contribution in [0, 0.1) is 0 Å². The van der Waals surface area contributed by atoms with E-state index in [0.29, 0.717) is 50.9 Å². The molecule has 0 aliphatic heterocycles. The van der Waals surface area contributed by atoms with Crippen LogP contribution in [0.4, 0.5) is 21.0 Å². The molecule has 4 N–H and O–H groups in total. The van der Waals surface area contributed by atoms with Gasteiger partial charge in [-0.25, -0.2) is 9.59 Å². The van der Waals surface area contributed by atoms with Crippen molar-refractivity contribution >= 4 is 55.3 Å². The number of halogens is 2. The number of carbonyl (C=O) groups is 2. The van der Waals surface area contributed by atoms with Crippen molar-refractivity contribution in [1.29, 1.82) is 0 Å². The molecular weight excluding hydrogens is 520 g/mol. The Labute approximate surface area is 192 Å². The van der Waals surface area contributed by atoms with Crippen LogP contribution in [0.1, 0.15) is 0 Å². The van der Waals surface area contributed by atoms with Gasteiger partial charge in [0.2, 0.25) is 0 Å². The number of rotatable bonds is 11. The molecule has 10 heteroatoms. The summed E-state index contributed by atoms with van der Waals surface area (Å²) in [4.78, 5) is 23.5. The summed E-state index contributed by atoms with van der Waals surface area (Å²) in [6.45, 7) is 2.35. The van der Waals surface area contributed by atoms with E-state index in [0.717, 1.165) is 8.95 Å². The first-order chi connectivity index (χ1) is 14.5. The summed E-state index contributed by atoms with van der Waals surface area (Å²) in [6, 6.07) is 14.0. The predicted molar refractivity (Wildman–Crippen MR) is 124 cm³/mol. The van der Waals surface area contributed by atoms with Crippen molar-refractivity contribution in [1.82, 2.24) is 10.6 Å². The highest BCUT2D eigenvalue weighted by molar-refractivity contribution is 9.10. The standard InChI is InChI=1S/C20H24Br2N4O4/c21-15-1-5-17(6-2-15)25-19(27)23-9-11-29-13-14-30-12-10-24-20(28)26-18-7-3-16(22)4-8-18/h1-8H,9-14H2,(H2,23,25,27)(H2,24,26,28). The summed E-state index contributed by atoms with van der Waals surface area (Å²) in [7, 11) is 0. The van der Waals surface area contributed by atoms with Gasteiger partial charge in [-0.15, -0.1) is 0 Å². The molecular formula is C20H24Br2N4O4. The third-order valence-corrected chi connectivity index (χ3v) is 4.70. The Balaban J connectivity index is 1.40. The highest BCUT2D eigenvalue weighted by atomic mass is 79.9. The molecule has 2 aromatic carbocycles. The molecule has 0 atom stereocenters. The van der Waals surface area contributed by atoms with E-state index in [-0.39, 0.29) is 12.1 Å². The van der Waals surface area contributed by atoms with E-state index in [4.69, 9.17) is 9.47 Å². The second-order valence-electron chi connectivity index (χ2n) is 6.00. The van der Waals surface area contributed by atoms with E-state index in [1.54, 1.807) is 24.3 Å². The fourth-order valence-corrected chi connectivity index (χ4v) is 2.74. The topological polar surface area (TPSA) is 101 Å². The van der Waals surface area contributed by atoms with Gasteiger partial charge < -0.3 is 30.7 Å². The molecule has 0 spiro atoms. The zero-order chi connectivity index (χ0) is 21.6. The number of benzene rings is 2. The first-order valence-electron chi connectivity index (χ1n) is 9.29. The molecule has 162 valence electrons. The molecule has 2 aromatic rings. The van der Waals surface area contributed by atoms with Crippen LogP contribution in [0.3, 0.4) is 0 Å². The van der Waals surface area contributed by atoms with Crippen molar-refractivity contribution < 1.29 is 19.1 Å². The van der Waals surface area contributed by atoms with Crippen LogP contribution in [0.15, 0.2) is 57.5 Å². The van der Waals surface area contributed by atoms with E-state index in [2.05, 4.69) is 53.1 Å². The largest absolute Gasteiger partial charge is 0.377 e. The lowest BCUT2D eigenvalue weighted by Crippen LogP contribution is -2.32. The zero-order valence-electron chi connectivity index (χ0n) is 16.3. The summed E-state index contributed by atoms with van der Waals surface area (Å²) in [5.74, 6) is 0. The molecule has 8 nitrogen and oxygen atoms in total. The molecule has 0 saturated heterocycles. The van der Waals surface area contributed by atoms with Crippen LogP contribution in [-0.2, 0) is 9.47 Å². The molecule has 0 saturated carbocycles. The average molecular weight is 544 g/mol. The van der Waals surface area contributed by atoms with Gasteiger partial charge in [0.1, 0.15) is 0 Å². The summed E-state index contributed by atoms with van der Waals surface area (Å²) >= 11 is 6.68. The highest BCUT2D eigenvalue weighted by Gasteiger charge is 2.02. The predicted octanol–water partition coefficient (Wildman–Crippen LogP) is 4.19. The molecule has 4 amide bonds. The van der Waals surface area contributed by atoms with Gasteiger partial charge in [-0.2, -0.15) is 0 Å². The minimum absolute atomic E-state index is 0.287. The molecule has 0 radical (unpaired) electrons. The fraction of sp³-hybridized carbons (Fsp3) is 0.300. The van der Waals surface area contributed by atoms with E-state index < -0.39 is 0 Å². The fourth-order valence-electron chi connectivity index (χ4n) is 2.21. The first kappa shape index (κ1) is 24.1. The Morgan fingerprint density at radius 3 is 1.37 bits per heavy atom. The van der Waals surface area contributed by atoms with Gasteiger partial charge in [0.05, 0.1) is 26.4 Å². The SMILES string of the molecule is O=C(NCCOCCOCCNC(=O)Nc1ccc(Br)cc1)Nc1ccc(Br)cc1. The molecule has 0 aliphatic rings. The maximum Gasteiger partial charge on any atom is 0.319 e. The lowest BCUT2D eigenvalue weighted by Gasteiger charge is -2.09. The van der Waals surface area contributed by atoms with E-state index in [1.165, 1.54) is 0 Å². The first-order valence-corrected chi connectivity index (χ1v) is 10.9. The summed E-state index contributed by atoms with van der Waals surface area (Å²) in [5.41, 5.74) is 1.42. The Bertz CT molecular complexity index is 721. The van der Waals surface area contributed by atoms with Crippen molar-refractivity contribution in [2.24, 2.45) is 0 Å². The van der Waals surface area contributed by atoms with Gasteiger partial charge >= 0.3 is 12.1 Å². The Kier molecular flexibility index (Phi) is 11.2. The maximum absolute atomic E-state index is 11.7. The van der Waals surface area contributed by atoms with E-state index >= 15 is 0 Å². The lowest BCUT2D eigenvalue weighted by molar-refractivity contribution is 0.0512. The van der Waals surface area contributed by atoms with Crippen molar-refractivity contribution in [3.63, 3.8) is 0 Å². The van der Waals surface area contributed by atoms with Crippen molar-refractivity contribution in [2.75, 3.05) is 50.2 Å². The third kappa shape index (κ3) is 10.6. The van der Waals surface area contributed by atoms with Gasteiger partial charge in [0.15, 0.2) is 0 Å². The van der Waals surface area contributed by atoms with Gasteiger partial charge in [0.25, 0.3) is 0 Å². The quantitative estimate of drug-likeness (QED) is 0.319. The van der Waals surface area contributed by atoms with Crippen LogP contribution in [0.25, 0.3) is 0 Å². The number of amides is 4. The summed E-state index contributed by atoms with van der Waals surface area (Å²) in [6.07, 6.45) is 0. The van der Waals surface area contributed by atoms with Gasteiger partial charge in [-0.05, 0) is 48.5 Å². The Hall–Kier alpha value is -2.14. The van der Waals surface area contributed by atoms with Crippen molar-refractivity contribution in [3.8, 4) is 0 Å². The second-order valence-corrected chi connectivity index (χ2v) is 7.83. The summed E-state index contributed by atoms with van der Waals surface area (Å²) < 4.78 is 12.7. The Morgan fingerprint density at radius 2 is 1.00 bits per heavy atom. The summed E-state index contributed by atoms with van der Waals surface area (Å²) in [5, 5.41) is 10.9. The number of hydrogen-bond acceptors (Lipinski definition) is 4. The maximum atomic E-state index is 11.7. The Morgan fingerprint density at radius 1 is 0.633 bits per heavy atom. The zero-order valence-corrected chi connectivity index (χ0v) is 19.4. The number of ether oxygens (including phenoxy) is 2. The molecule has 0 aliphatic carbocycles. The van der Waals surface area contributed by atoms with E-state index in [9.17, 15) is 9.59 Å².